The molecular formula is C15H13Br2NO3S. The van der Waals surface area contributed by atoms with Gasteiger partial charge in [0.15, 0.2) is 6.29 Å². The second-order valence-corrected chi connectivity index (χ2v) is 7.06. The fourth-order valence-corrected chi connectivity index (χ4v) is 3.66. The molecule has 0 aliphatic rings. The molecule has 1 aromatic carbocycles. The summed E-state index contributed by atoms with van der Waals surface area (Å²) in [6.45, 7) is 0.583. The predicted molar refractivity (Wildman–Crippen MR) is 93.8 cm³/mol. The average molecular weight is 447 g/mol. The molecule has 0 aliphatic carbocycles. The van der Waals surface area contributed by atoms with Gasteiger partial charge in [0.05, 0.1) is 9.35 Å². The number of amides is 1. The average Bonchev–Trinajstić information content (AvgIpc) is 2.93. The number of halogens is 2. The second kappa shape index (κ2) is 8.45. The van der Waals surface area contributed by atoms with Gasteiger partial charge in [0, 0.05) is 16.4 Å². The molecule has 0 fully saturated rings. The van der Waals surface area contributed by atoms with Gasteiger partial charge < -0.3 is 10.1 Å². The fourth-order valence-electron chi connectivity index (χ4n) is 1.78. The third-order valence-corrected chi connectivity index (χ3v) is 5.10. The highest BCUT2D eigenvalue weighted by atomic mass is 79.9. The Morgan fingerprint density at radius 3 is 2.77 bits per heavy atom. The zero-order valence-electron chi connectivity index (χ0n) is 11.5. The van der Waals surface area contributed by atoms with Crippen LogP contribution in [0.2, 0.25) is 0 Å². The van der Waals surface area contributed by atoms with E-state index >= 15 is 0 Å². The first kappa shape index (κ1) is 17.2. The van der Waals surface area contributed by atoms with E-state index in [0.717, 1.165) is 14.5 Å². The first-order valence-electron chi connectivity index (χ1n) is 6.47. The number of benzene rings is 1. The Kier molecular flexibility index (Phi) is 6.60. The summed E-state index contributed by atoms with van der Waals surface area (Å²) in [5.74, 6) is 0.559. The van der Waals surface area contributed by atoms with Crippen molar-refractivity contribution in [3.8, 4) is 5.75 Å². The largest absolute Gasteiger partial charge is 0.485 e. The van der Waals surface area contributed by atoms with E-state index in [1.807, 2.05) is 17.5 Å². The first-order chi connectivity index (χ1) is 10.6. The number of ether oxygens (including phenoxy) is 1. The van der Waals surface area contributed by atoms with E-state index in [4.69, 9.17) is 4.74 Å². The van der Waals surface area contributed by atoms with E-state index in [-0.39, 0.29) is 12.5 Å². The van der Waals surface area contributed by atoms with Crippen molar-refractivity contribution in [3.63, 3.8) is 0 Å². The first-order valence-corrected chi connectivity index (χ1v) is 8.94. The molecule has 1 amide bonds. The number of carbonyl (C=O) groups is 2. The van der Waals surface area contributed by atoms with Gasteiger partial charge in [-0.15, -0.1) is 11.3 Å². The van der Waals surface area contributed by atoms with E-state index in [0.29, 0.717) is 29.9 Å². The van der Waals surface area contributed by atoms with Gasteiger partial charge in [-0.05, 0) is 62.0 Å². The molecule has 0 atom stereocenters. The number of rotatable bonds is 7. The smallest absolute Gasteiger partial charge is 0.261 e. The Balaban J connectivity index is 1.85. The summed E-state index contributed by atoms with van der Waals surface area (Å²) in [6, 6.07) is 7.45. The van der Waals surface area contributed by atoms with Crippen LogP contribution < -0.4 is 10.1 Å². The van der Waals surface area contributed by atoms with Crippen LogP contribution in [0, 0.1) is 0 Å². The number of thiophene rings is 1. The van der Waals surface area contributed by atoms with Gasteiger partial charge in [0.2, 0.25) is 0 Å². The topological polar surface area (TPSA) is 55.4 Å². The van der Waals surface area contributed by atoms with Gasteiger partial charge in [0.25, 0.3) is 5.91 Å². The maximum Gasteiger partial charge on any atom is 0.261 e. The van der Waals surface area contributed by atoms with Crippen LogP contribution in [0.15, 0.2) is 38.6 Å². The Morgan fingerprint density at radius 2 is 2.14 bits per heavy atom. The third kappa shape index (κ3) is 4.93. The summed E-state index contributed by atoms with van der Waals surface area (Å²) in [5, 5.41) is 4.77. The van der Waals surface area contributed by atoms with Crippen molar-refractivity contribution in [1.29, 1.82) is 0 Å². The van der Waals surface area contributed by atoms with Crippen LogP contribution in [-0.2, 0) is 11.2 Å². The van der Waals surface area contributed by atoms with Crippen LogP contribution in [0.1, 0.15) is 15.2 Å². The molecule has 1 aromatic heterocycles. The van der Waals surface area contributed by atoms with E-state index in [9.17, 15) is 9.59 Å². The maximum atomic E-state index is 11.9. The SMILES string of the molecule is O=CCOc1ccc(CCNC(=O)c2cc(Br)cs2)cc1Br. The molecule has 116 valence electrons. The Bertz CT molecular complexity index is 673. The summed E-state index contributed by atoms with van der Waals surface area (Å²) < 4.78 is 6.96. The van der Waals surface area contributed by atoms with E-state index in [1.165, 1.54) is 11.3 Å². The monoisotopic (exact) mass is 445 g/mol. The van der Waals surface area contributed by atoms with Crippen LogP contribution >= 0.6 is 43.2 Å². The molecule has 0 unspecified atom stereocenters. The third-order valence-electron chi connectivity index (χ3n) is 2.79. The van der Waals surface area contributed by atoms with Crippen molar-refractivity contribution in [2.75, 3.05) is 13.2 Å². The molecule has 0 spiro atoms. The number of nitrogens with one attached hydrogen (secondary N) is 1. The molecule has 0 saturated heterocycles. The van der Waals surface area contributed by atoms with Gasteiger partial charge >= 0.3 is 0 Å². The van der Waals surface area contributed by atoms with Crippen molar-refractivity contribution in [3.05, 3.63) is 49.0 Å². The number of carbonyl (C=O) groups excluding carboxylic acids is 2. The van der Waals surface area contributed by atoms with Crippen molar-refractivity contribution in [2.24, 2.45) is 0 Å². The molecule has 2 aromatic rings. The van der Waals surface area contributed by atoms with Crippen LogP contribution in [0.5, 0.6) is 5.75 Å². The molecule has 1 N–H and O–H groups in total. The Morgan fingerprint density at radius 1 is 1.32 bits per heavy atom. The van der Waals surface area contributed by atoms with E-state index in [2.05, 4.69) is 37.2 Å². The molecule has 0 bridgehead atoms. The highest BCUT2D eigenvalue weighted by Crippen LogP contribution is 2.26. The lowest BCUT2D eigenvalue weighted by molar-refractivity contribution is -0.109. The highest BCUT2D eigenvalue weighted by molar-refractivity contribution is 9.10. The predicted octanol–water partition coefficient (Wildman–Crippen LogP) is 3.82. The molecule has 0 saturated carbocycles. The zero-order chi connectivity index (χ0) is 15.9. The van der Waals surface area contributed by atoms with Crippen LogP contribution in [0.4, 0.5) is 0 Å². The summed E-state index contributed by atoms with van der Waals surface area (Å²) in [7, 11) is 0. The van der Waals surface area contributed by atoms with Crippen LogP contribution in [0.3, 0.4) is 0 Å². The zero-order valence-corrected chi connectivity index (χ0v) is 15.5. The van der Waals surface area contributed by atoms with Gasteiger partial charge in [0.1, 0.15) is 12.4 Å². The maximum absolute atomic E-state index is 11.9. The highest BCUT2D eigenvalue weighted by Gasteiger charge is 2.08. The molecule has 7 heteroatoms. The lowest BCUT2D eigenvalue weighted by atomic mass is 10.1. The van der Waals surface area contributed by atoms with Crippen molar-refractivity contribution in [2.45, 2.75) is 6.42 Å². The minimum atomic E-state index is -0.0688. The van der Waals surface area contributed by atoms with Crippen molar-refractivity contribution in [1.82, 2.24) is 5.32 Å². The minimum Gasteiger partial charge on any atom is -0.485 e. The van der Waals surface area contributed by atoms with Gasteiger partial charge in [-0.3, -0.25) is 9.59 Å². The molecular weight excluding hydrogens is 434 g/mol. The summed E-state index contributed by atoms with van der Waals surface area (Å²) in [6.07, 6.45) is 1.42. The second-order valence-electron chi connectivity index (χ2n) is 4.38. The molecule has 2 rings (SSSR count). The van der Waals surface area contributed by atoms with Crippen molar-refractivity contribution < 1.29 is 14.3 Å². The summed E-state index contributed by atoms with van der Waals surface area (Å²) in [5.41, 5.74) is 1.07. The lowest BCUT2D eigenvalue weighted by Crippen LogP contribution is -2.24. The van der Waals surface area contributed by atoms with Gasteiger partial charge in [-0.2, -0.15) is 0 Å². The normalized spacial score (nSPS) is 10.3. The Hall–Kier alpha value is -1.18. The Labute approximate surface area is 149 Å². The molecule has 22 heavy (non-hydrogen) atoms. The van der Waals surface area contributed by atoms with E-state index < -0.39 is 0 Å². The van der Waals surface area contributed by atoms with Crippen molar-refractivity contribution >= 4 is 55.4 Å². The number of hydrogen-bond donors (Lipinski definition) is 1. The molecule has 4 nitrogen and oxygen atoms in total. The molecule has 0 aliphatic heterocycles. The number of aldehydes is 1. The van der Waals surface area contributed by atoms with Crippen LogP contribution in [-0.4, -0.2) is 25.3 Å². The molecule has 0 radical (unpaired) electrons. The summed E-state index contributed by atoms with van der Waals surface area (Å²) in [4.78, 5) is 22.9. The van der Waals surface area contributed by atoms with Crippen LogP contribution in [0.25, 0.3) is 0 Å². The quantitative estimate of drug-likeness (QED) is 0.657. The fraction of sp³-hybridized carbons (Fsp3) is 0.200. The summed E-state index contributed by atoms with van der Waals surface area (Å²) >= 11 is 8.14. The van der Waals surface area contributed by atoms with Gasteiger partial charge in [-0.1, -0.05) is 6.07 Å². The standard InChI is InChI=1S/C15H13Br2NO3S/c16-11-8-14(22-9-11)15(20)18-4-3-10-1-2-13(12(17)7-10)21-6-5-19/h1-2,5,7-9H,3-4,6H2,(H,18,20). The van der Waals surface area contributed by atoms with E-state index in [1.54, 1.807) is 12.1 Å². The number of hydrogen-bond acceptors (Lipinski definition) is 4. The minimum absolute atomic E-state index is 0.0321. The van der Waals surface area contributed by atoms with Gasteiger partial charge in [-0.25, -0.2) is 0 Å². The lowest BCUT2D eigenvalue weighted by Gasteiger charge is -2.08. The molecule has 1 heterocycles.